The Morgan fingerprint density at radius 3 is 2.94 bits per heavy atom. The molecule has 0 spiro atoms. The molecule has 3 nitrogen and oxygen atoms in total. The molecule has 1 unspecified atom stereocenters. The monoisotopic (exact) mass is 229 g/mol. The Morgan fingerprint density at radius 1 is 1.47 bits per heavy atom. The van der Waals surface area contributed by atoms with Crippen LogP contribution >= 0.6 is 0 Å². The Morgan fingerprint density at radius 2 is 2.29 bits per heavy atom. The number of allylic oxidation sites excluding steroid dienone is 1. The van der Waals surface area contributed by atoms with E-state index < -0.39 is 0 Å². The van der Waals surface area contributed by atoms with Crippen LogP contribution in [0.4, 0.5) is 0 Å². The van der Waals surface area contributed by atoms with Gasteiger partial charge in [0.25, 0.3) is 0 Å². The molecule has 0 saturated heterocycles. The average Bonchev–Trinajstić information content (AvgIpc) is 2.40. The van der Waals surface area contributed by atoms with E-state index >= 15 is 0 Å². The van der Waals surface area contributed by atoms with Crippen LogP contribution in [0, 0.1) is 0 Å². The minimum absolute atomic E-state index is 0.309. The molecular formula is C14H15NO2. The Kier molecular flexibility index (Phi) is 3.38. The zero-order valence-electron chi connectivity index (χ0n) is 9.80. The third-order valence-electron chi connectivity index (χ3n) is 3.13. The molecule has 1 aromatic rings. The summed E-state index contributed by atoms with van der Waals surface area (Å²) in [6.45, 7) is 0. The van der Waals surface area contributed by atoms with Crippen LogP contribution in [0.3, 0.4) is 0 Å². The summed E-state index contributed by atoms with van der Waals surface area (Å²) in [5.74, 6) is 0.814. The summed E-state index contributed by atoms with van der Waals surface area (Å²) in [6, 6.07) is 7.81. The van der Waals surface area contributed by atoms with Crippen molar-refractivity contribution in [2.24, 2.45) is 4.99 Å². The van der Waals surface area contributed by atoms with E-state index in [1.807, 2.05) is 36.6 Å². The van der Waals surface area contributed by atoms with Crippen LogP contribution in [0.1, 0.15) is 18.4 Å². The molecular weight excluding hydrogens is 214 g/mol. The average molecular weight is 229 g/mol. The highest BCUT2D eigenvalue weighted by molar-refractivity contribution is 5.68. The molecule has 3 heteroatoms. The number of methoxy groups -OCH3 is 1. The number of hydrogen-bond acceptors (Lipinski definition) is 3. The van der Waals surface area contributed by atoms with E-state index in [2.05, 4.69) is 4.99 Å². The maximum Gasteiger partial charge on any atom is 0.122 e. The summed E-state index contributed by atoms with van der Waals surface area (Å²) in [4.78, 5) is 15.0. The van der Waals surface area contributed by atoms with E-state index in [-0.39, 0.29) is 5.41 Å². The van der Waals surface area contributed by atoms with Crippen molar-refractivity contribution in [2.75, 3.05) is 7.11 Å². The Labute approximate surface area is 101 Å². The first kappa shape index (κ1) is 11.6. The zero-order chi connectivity index (χ0) is 12.1. The standard InChI is InChI=1S/C14H15NO2/c1-17-13-5-3-2-4-12(13)14(8-11-16)6-9-15-10-7-14/h2-6,9-11H,7-8H2,1H3. The molecule has 1 aliphatic rings. The predicted molar refractivity (Wildman–Crippen MR) is 67.6 cm³/mol. The summed E-state index contributed by atoms with van der Waals surface area (Å²) < 4.78 is 5.38. The van der Waals surface area contributed by atoms with Crippen molar-refractivity contribution in [3.05, 3.63) is 42.1 Å². The minimum atomic E-state index is -0.309. The third kappa shape index (κ3) is 2.13. The molecule has 88 valence electrons. The molecule has 2 rings (SSSR count). The van der Waals surface area contributed by atoms with E-state index in [1.165, 1.54) is 0 Å². The molecule has 0 aromatic heterocycles. The number of aldehydes is 1. The fourth-order valence-corrected chi connectivity index (χ4v) is 2.20. The van der Waals surface area contributed by atoms with Crippen LogP contribution in [0.5, 0.6) is 5.75 Å². The smallest absolute Gasteiger partial charge is 0.122 e. The van der Waals surface area contributed by atoms with Gasteiger partial charge in [0.15, 0.2) is 0 Å². The highest BCUT2D eigenvalue weighted by Gasteiger charge is 2.32. The first-order chi connectivity index (χ1) is 8.32. The van der Waals surface area contributed by atoms with E-state index in [9.17, 15) is 4.79 Å². The first-order valence-electron chi connectivity index (χ1n) is 5.59. The number of rotatable bonds is 4. The second-order valence-corrected chi connectivity index (χ2v) is 4.08. The summed E-state index contributed by atoms with van der Waals surface area (Å²) in [5.41, 5.74) is 0.729. The molecule has 1 aliphatic heterocycles. The van der Waals surface area contributed by atoms with Gasteiger partial charge >= 0.3 is 0 Å². The van der Waals surface area contributed by atoms with Crippen LogP contribution < -0.4 is 4.74 Å². The molecule has 0 fully saturated rings. The van der Waals surface area contributed by atoms with Crippen LogP contribution in [-0.4, -0.2) is 19.6 Å². The summed E-state index contributed by atoms with van der Waals surface area (Å²) in [7, 11) is 1.65. The number of nitrogens with zero attached hydrogens (tertiary/aromatic N) is 1. The Bertz CT molecular complexity index is 461. The number of para-hydroxylation sites is 1. The largest absolute Gasteiger partial charge is 0.496 e. The lowest BCUT2D eigenvalue weighted by atomic mass is 9.74. The van der Waals surface area contributed by atoms with E-state index in [4.69, 9.17) is 4.74 Å². The SMILES string of the molecule is COc1ccccc1C1(CC=O)C=CN=CC1. The predicted octanol–water partition coefficient (Wildman–Crippen LogP) is 2.51. The Balaban J connectivity index is 2.49. The number of benzene rings is 1. The van der Waals surface area contributed by atoms with Crippen molar-refractivity contribution >= 4 is 12.5 Å². The molecule has 1 atom stereocenters. The molecule has 0 saturated carbocycles. The second-order valence-electron chi connectivity index (χ2n) is 4.08. The van der Waals surface area contributed by atoms with Gasteiger partial charge in [-0.1, -0.05) is 24.3 Å². The normalized spacial score (nSPS) is 22.4. The minimum Gasteiger partial charge on any atom is -0.496 e. The number of hydrogen-bond donors (Lipinski definition) is 0. The lowest BCUT2D eigenvalue weighted by Crippen LogP contribution is -2.27. The van der Waals surface area contributed by atoms with Gasteiger partial charge < -0.3 is 9.53 Å². The molecule has 0 N–H and O–H groups in total. The van der Waals surface area contributed by atoms with Crippen molar-refractivity contribution < 1.29 is 9.53 Å². The van der Waals surface area contributed by atoms with Gasteiger partial charge in [0.05, 0.1) is 7.11 Å². The topological polar surface area (TPSA) is 38.7 Å². The maximum atomic E-state index is 10.9. The van der Waals surface area contributed by atoms with Gasteiger partial charge in [0.2, 0.25) is 0 Å². The highest BCUT2D eigenvalue weighted by Crippen LogP contribution is 2.39. The van der Waals surface area contributed by atoms with Crippen molar-refractivity contribution in [2.45, 2.75) is 18.3 Å². The number of carbonyl (C=O) groups excluding carboxylic acids is 1. The van der Waals surface area contributed by atoms with Gasteiger partial charge in [-0.15, -0.1) is 0 Å². The van der Waals surface area contributed by atoms with Gasteiger partial charge in [-0.05, 0) is 12.5 Å². The Hall–Kier alpha value is -1.90. The second kappa shape index (κ2) is 4.95. The van der Waals surface area contributed by atoms with Crippen LogP contribution in [-0.2, 0) is 10.2 Å². The van der Waals surface area contributed by atoms with Gasteiger partial charge in [0.1, 0.15) is 12.0 Å². The van der Waals surface area contributed by atoms with Gasteiger partial charge in [-0.2, -0.15) is 0 Å². The number of aliphatic imine (C=N–C) groups is 1. The zero-order valence-corrected chi connectivity index (χ0v) is 9.80. The molecule has 1 aromatic carbocycles. The van der Waals surface area contributed by atoms with E-state index in [0.717, 1.165) is 24.0 Å². The lowest BCUT2D eigenvalue weighted by molar-refractivity contribution is -0.108. The van der Waals surface area contributed by atoms with Crippen LogP contribution in [0.15, 0.2) is 41.5 Å². The van der Waals surface area contributed by atoms with E-state index in [0.29, 0.717) is 6.42 Å². The van der Waals surface area contributed by atoms with Crippen molar-refractivity contribution in [3.63, 3.8) is 0 Å². The van der Waals surface area contributed by atoms with Crippen molar-refractivity contribution in [1.82, 2.24) is 0 Å². The molecule has 1 heterocycles. The molecule has 17 heavy (non-hydrogen) atoms. The molecule has 0 bridgehead atoms. The summed E-state index contributed by atoms with van der Waals surface area (Å²) in [6.07, 6.45) is 7.70. The number of ether oxygens (including phenoxy) is 1. The lowest BCUT2D eigenvalue weighted by Gasteiger charge is -2.30. The van der Waals surface area contributed by atoms with Crippen molar-refractivity contribution in [1.29, 1.82) is 0 Å². The number of carbonyl (C=O) groups is 1. The fourth-order valence-electron chi connectivity index (χ4n) is 2.20. The quantitative estimate of drug-likeness (QED) is 0.744. The summed E-state index contributed by atoms with van der Waals surface area (Å²) in [5, 5.41) is 0. The maximum absolute atomic E-state index is 10.9. The van der Waals surface area contributed by atoms with Crippen molar-refractivity contribution in [3.8, 4) is 5.75 Å². The van der Waals surface area contributed by atoms with Crippen LogP contribution in [0.2, 0.25) is 0 Å². The van der Waals surface area contributed by atoms with Crippen LogP contribution in [0.25, 0.3) is 0 Å². The fraction of sp³-hybridized carbons (Fsp3) is 0.286. The molecule has 0 amide bonds. The first-order valence-corrected chi connectivity index (χ1v) is 5.59. The van der Waals surface area contributed by atoms with Gasteiger partial charge in [-0.25, -0.2) is 0 Å². The molecule has 0 aliphatic carbocycles. The van der Waals surface area contributed by atoms with Gasteiger partial charge in [0, 0.05) is 29.8 Å². The molecule has 0 radical (unpaired) electrons. The van der Waals surface area contributed by atoms with E-state index in [1.54, 1.807) is 13.3 Å². The third-order valence-corrected chi connectivity index (χ3v) is 3.13. The highest BCUT2D eigenvalue weighted by atomic mass is 16.5. The summed E-state index contributed by atoms with van der Waals surface area (Å²) >= 11 is 0. The van der Waals surface area contributed by atoms with Gasteiger partial charge in [-0.3, -0.25) is 4.99 Å².